The first-order valence-corrected chi connectivity index (χ1v) is 10.0. The Morgan fingerprint density at radius 3 is 2.59 bits per heavy atom. The number of rotatable bonds is 4. The highest BCUT2D eigenvalue weighted by Gasteiger charge is 2.23. The lowest BCUT2D eigenvalue weighted by Crippen LogP contribution is -2.37. The first kappa shape index (κ1) is 18.9. The molecule has 3 aromatic rings. The van der Waals surface area contributed by atoms with E-state index in [1.54, 1.807) is 6.08 Å². The molecule has 4 rings (SSSR count). The van der Waals surface area contributed by atoms with Gasteiger partial charge in [0, 0.05) is 19.8 Å². The first-order valence-electron chi connectivity index (χ1n) is 9.04. The lowest BCUT2D eigenvalue weighted by atomic mass is 10.1. The van der Waals surface area contributed by atoms with Gasteiger partial charge in [-0.1, -0.05) is 36.0 Å². The van der Waals surface area contributed by atoms with Crippen molar-refractivity contribution in [3.05, 3.63) is 65.5 Å². The van der Waals surface area contributed by atoms with E-state index in [2.05, 4.69) is 20.3 Å². The standard InChI is InChI=1S/C21H20N6OS/c1-27(2)14-9-7-13(8-10-14)11-15-19(22)25-21(26-20(15)28)29-12-18-23-16-5-3-4-6-17(16)24-18/h3-11H,12H2,1-2H3,(H,23,24)(H2,22,25,26,28)/b15-11+. The molecule has 0 atom stereocenters. The van der Waals surface area contributed by atoms with Crippen molar-refractivity contribution in [2.24, 2.45) is 4.99 Å². The molecule has 0 saturated heterocycles. The van der Waals surface area contributed by atoms with Gasteiger partial charge in [0.05, 0.1) is 22.4 Å². The summed E-state index contributed by atoms with van der Waals surface area (Å²) >= 11 is 1.34. The highest BCUT2D eigenvalue weighted by Crippen LogP contribution is 2.20. The summed E-state index contributed by atoms with van der Waals surface area (Å²) in [6, 6.07) is 15.6. The van der Waals surface area contributed by atoms with Crippen LogP contribution in [0.4, 0.5) is 5.69 Å². The number of anilines is 1. The van der Waals surface area contributed by atoms with Crippen LogP contribution in [0.5, 0.6) is 0 Å². The number of aromatic amines is 1. The van der Waals surface area contributed by atoms with Crippen LogP contribution in [0.2, 0.25) is 0 Å². The molecule has 1 aromatic heterocycles. The van der Waals surface area contributed by atoms with E-state index >= 15 is 0 Å². The molecule has 2 aromatic carbocycles. The molecule has 2 heterocycles. The number of carbonyl (C=O) groups excluding carboxylic acids is 1. The minimum atomic E-state index is -0.325. The summed E-state index contributed by atoms with van der Waals surface area (Å²) in [5.74, 6) is 0.944. The number of aromatic nitrogens is 2. The Morgan fingerprint density at radius 1 is 1.14 bits per heavy atom. The van der Waals surface area contributed by atoms with E-state index in [-0.39, 0.29) is 17.3 Å². The topological polar surface area (TPSA) is 97.2 Å². The number of imidazole rings is 1. The third-order valence-corrected chi connectivity index (χ3v) is 5.32. The Kier molecular flexibility index (Phi) is 5.18. The van der Waals surface area contributed by atoms with Crippen molar-refractivity contribution >= 4 is 51.5 Å². The smallest absolute Gasteiger partial charge is 0.261 e. The van der Waals surface area contributed by atoms with Crippen LogP contribution >= 0.6 is 11.8 Å². The fourth-order valence-electron chi connectivity index (χ4n) is 2.91. The summed E-state index contributed by atoms with van der Waals surface area (Å²) in [6.07, 6.45) is 1.68. The number of nitrogens with one attached hydrogen (secondary N) is 3. The molecular weight excluding hydrogens is 384 g/mol. The van der Waals surface area contributed by atoms with Crippen LogP contribution in [-0.2, 0) is 10.5 Å². The fraction of sp³-hybridized carbons (Fsp3) is 0.143. The molecule has 3 N–H and O–H groups in total. The maximum absolute atomic E-state index is 12.5. The maximum Gasteiger partial charge on any atom is 0.261 e. The summed E-state index contributed by atoms with van der Waals surface area (Å²) < 4.78 is 0. The van der Waals surface area contributed by atoms with Crippen molar-refractivity contribution in [1.29, 1.82) is 5.41 Å². The second-order valence-corrected chi connectivity index (χ2v) is 7.72. The number of hydrogen-bond donors (Lipinski definition) is 3. The highest BCUT2D eigenvalue weighted by molar-refractivity contribution is 8.13. The molecule has 1 amide bonds. The molecule has 1 aliphatic heterocycles. The van der Waals surface area contributed by atoms with Crippen molar-refractivity contribution in [3.8, 4) is 0 Å². The van der Waals surface area contributed by atoms with Crippen molar-refractivity contribution < 1.29 is 4.79 Å². The molecule has 0 radical (unpaired) electrons. The van der Waals surface area contributed by atoms with Gasteiger partial charge in [0.2, 0.25) is 0 Å². The van der Waals surface area contributed by atoms with Crippen LogP contribution in [0.15, 0.2) is 59.1 Å². The maximum atomic E-state index is 12.5. The average molecular weight is 404 g/mol. The number of para-hydroxylation sites is 2. The number of fused-ring (bicyclic) bond motifs is 1. The lowest BCUT2D eigenvalue weighted by Gasteiger charge is -2.16. The van der Waals surface area contributed by atoms with Crippen LogP contribution in [0.25, 0.3) is 17.1 Å². The minimum Gasteiger partial charge on any atom is -0.378 e. The Hall–Kier alpha value is -3.39. The second kappa shape index (κ2) is 7.92. The quantitative estimate of drug-likeness (QED) is 0.581. The third-order valence-electron chi connectivity index (χ3n) is 4.44. The van der Waals surface area contributed by atoms with Crippen LogP contribution in [0.1, 0.15) is 11.4 Å². The van der Waals surface area contributed by atoms with Crippen LogP contribution in [0.3, 0.4) is 0 Å². The van der Waals surface area contributed by atoms with E-state index in [0.717, 1.165) is 28.1 Å². The largest absolute Gasteiger partial charge is 0.378 e. The van der Waals surface area contributed by atoms with Crippen LogP contribution in [-0.4, -0.2) is 41.0 Å². The number of carbonyl (C=O) groups is 1. The summed E-state index contributed by atoms with van der Waals surface area (Å²) in [6.45, 7) is 0. The third kappa shape index (κ3) is 4.22. The number of H-pyrrole nitrogens is 1. The zero-order valence-corrected chi connectivity index (χ0v) is 16.9. The van der Waals surface area contributed by atoms with E-state index in [9.17, 15) is 4.79 Å². The van der Waals surface area contributed by atoms with Gasteiger partial charge in [-0.15, -0.1) is 0 Å². The number of hydrogen-bond acceptors (Lipinski definition) is 5. The molecule has 146 valence electrons. The van der Waals surface area contributed by atoms with Gasteiger partial charge in [-0.2, -0.15) is 0 Å². The zero-order valence-electron chi connectivity index (χ0n) is 16.1. The highest BCUT2D eigenvalue weighted by atomic mass is 32.2. The predicted octanol–water partition coefficient (Wildman–Crippen LogP) is 3.41. The summed E-state index contributed by atoms with van der Waals surface area (Å²) in [4.78, 5) is 26.5. The van der Waals surface area contributed by atoms with Crippen molar-refractivity contribution in [2.75, 3.05) is 19.0 Å². The van der Waals surface area contributed by atoms with Crippen molar-refractivity contribution in [1.82, 2.24) is 15.3 Å². The molecule has 8 heteroatoms. The lowest BCUT2D eigenvalue weighted by molar-refractivity contribution is -0.115. The van der Waals surface area contributed by atoms with Gasteiger partial charge >= 0.3 is 0 Å². The molecule has 0 bridgehead atoms. The van der Waals surface area contributed by atoms with Gasteiger partial charge in [0.1, 0.15) is 5.82 Å². The van der Waals surface area contributed by atoms with Gasteiger partial charge in [-0.25, -0.2) is 9.98 Å². The number of nitrogens with zero attached hydrogens (tertiary/aromatic N) is 3. The molecule has 0 unspecified atom stereocenters. The van der Waals surface area contributed by atoms with Crippen LogP contribution < -0.4 is 10.2 Å². The van der Waals surface area contributed by atoms with E-state index in [0.29, 0.717) is 10.9 Å². The van der Waals surface area contributed by atoms with Crippen LogP contribution in [0, 0.1) is 5.41 Å². The first-order chi connectivity index (χ1) is 14.0. The molecule has 0 aliphatic carbocycles. The van der Waals surface area contributed by atoms with Gasteiger partial charge in [0.25, 0.3) is 5.91 Å². The molecule has 0 saturated carbocycles. The van der Waals surface area contributed by atoms with E-state index in [4.69, 9.17) is 5.41 Å². The van der Waals surface area contributed by atoms with E-state index < -0.39 is 0 Å². The summed E-state index contributed by atoms with van der Waals surface area (Å²) in [5.41, 5.74) is 4.03. The Labute approximate surface area is 172 Å². The second-order valence-electron chi connectivity index (χ2n) is 6.75. The molecule has 0 fully saturated rings. The Bertz CT molecular complexity index is 1110. The number of amidine groups is 2. The summed E-state index contributed by atoms with van der Waals surface area (Å²) in [7, 11) is 3.94. The SMILES string of the molecule is CN(C)c1ccc(/C=C2\C(=N)N=C(SCc3nc4ccccc4[nH]3)NC2=O)cc1. The van der Waals surface area contributed by atoms with Gasteiger partial charge < -0.3 is 15.2 Å². The number of benzene rings is 2. The summed E-state index contributed by atoms with van der Waals surface area (Å²) in [5, 5.41) is 11.3. The molecule has 7 nitrogen and oxygen atoms in total. The fourth-order valence-corrected chi connectivity index (χ4v) is 3.64. The van der Waals surface area contributed by atoms with E-state index in [1.807, 2.05) is 67.5 Å². The Morgan fingerprint density at radius 2 is 1.90 bits per heavy atom. The number of aliphatic imine (C=N–C) groups is 1. The number of thioether (sulfide) groups is 1. The molecule has 29 heavy (non-hydrogen) atoms. The average Bonchev–Trinajstić information content (AvgIpc) is 3.12. The predicted molar refractivity (Wildman–Crippen MR) is 119 cm³/mol. The van der Waals surface area contributed by atoms with E-state index in [1.165, 1.54) is 11.8 Å². The zero-order chi connectivity index (χ0) is 20.4. The van der Waals surface area contributed by atoms with Crippen molar-refractivity contribution in [2.45, 2.75) is 5.75 Å². The van der Waals surface area contributed by atoms with Gasteiger partial charge in [-0.3, -0.25) is 10.2 Å². The van der Waals surface area contributed by atoms with Crippen molar-refractivity contribution in [3.63, 3.8) is 0 Å². The number of amides is 1. The van der Waals surface area contributed by atoms with Gasteiger partial charge in [-0.05, 0) is 35.9 Å². The molecule has 0 spiro atoms. The minimum absolute atomic E-state index is 0.0439. The van der Waals surface area contributed by atoms with Gasteiger partial charge in [0.15, 0.2) is 11.0 Å². The monoisotopic (exact) mass is 404 g/mol. The molecular formula is C21H20N6OS. The molecule has 1 aliphatic rings. The normalized spacial score (nSPS) is 15.5. The Balaban J connectivity index is 1.46.